The average molecular weight is 256 g/mol. The van der Waals surface area contributed by atoms with E-state index in [-0.39, 0.29) is 12.4 Å². The number of halogens is 1. The van der Waals surface area contributed by atoms with Gasteiger partial charge >= 0.3 is 0 Å². The van der Waals surface area contributed by atoms with E-state index in [0.717, 1.165) is 44.9 Å². The zero-order chi connectivity index (χ0) is 10.8. The van der Waals surface area contributed by atoms with Crippen LogP contribution in [0.5, 0.6) is 5.75 Å². The number of rotatable bonds is 2. The second-order valence-corrected chi connectivity index (χ2v) is 4.49. The van der Waals surface area contributed by atoms with E-state index < -0.39 is 0 Å². The second-order valence-electron chi connectivity index (χ2n) is 4.49. The molecule has 0 aromatic heterocycles. The lowest BCUT2D eigenvalue weighted by Gasteiger charge is -2.24. The van der Waals surface area contributed by atoms with E-state index in [2.05, 4.69) is 23.5 Å². The number of piperidine rings is 1. The Morgan fingerprint density at radius 1 is 1.12 bits per heavy atom. The normalized spacial score (nSPS) is 19.5. The van der Waals surface area contributed by atoms with Crippen LogP contribution in [0.25, 0.3) is 0 Å². The summed E-state index contributed by atoms with van der Waals surface area (Å²) in [5.74, 6) is 0.996. The van der Waals surface area contributed by atoms with Gasteiger partial charge in [-0.15, -0.1) is 12.4 Å². The van der Waals surface area contributed by atoms with Gasteiger partial charge in [-0.25, -0.2) is 0 Å². The van der Waals surface area contributed by atoms with Gasteiger partial charge in [0.2, 0.25) is 0 Å². The maximum atomic E-state index is 5.98. The number of nitrogens with one attached hydrogen (secondary N) is 1. The molecule has 0 unspecified atom stereocenters. The first-order valence-electron chi connectivity index (χ1n) is 5.99. The molecule has 17 heavy (non-hydrogen) atoms. The van der Waals surface area contributed by atoms with Crippen LogP contribution in [-0.2, 0) is 18.0 Å². The topological polar surface area (TPSA) is 30.5 Å². The molecule has 4 heteroatoms. The molecule has 0 bridgehead atoms. The molecule has 0 saturated carbocycles. The molecule has 94 valence electrons. The van der Waals surface area contributed by atoms with Crippen molar-refractivity contribution in [2.24, 2.45) is 0 Å². The number of hydrogen-bond donors (Lipinski definition) is 1. The van der Waals surface area contributed by atoms with E-state index in [4.69, 9.17) is 9.47 Å². The van der Waals surface area contributed by atoms with E-state index in [0.29, 0.717) is 6.10 Å². The second kappa shape index (κ2) is 5.71. The van der Waals surface area contributed by atoms with Gasteiger partial charge in [0.1, 0.15) is 11.9 Å². The van der Waals surface area contributed by atoms with Gasteiger partial charge in [-0.3, -0.25) is 0 Å². The lowest BCUT2D eigenvalue weighted by molar-refractivity contribution is 0.134. The van der Waals surface area contributed by atoms with Gasteiger partial charge in [0.25, 0.3) is 0 Å². The van der Waals surface area contributed by atoms with Crippen molar-refractivity contribution < 1.29 is 9.47 Å². The van der Waals surface area contributed by atoms with Crippen molar-refractivity contribution in [3.05, 3.63) is 29.3 Å². The van der Waals surface area contributed by atoms with Crippen LogP contribution in [-0.4, -0.2) is 19.2 Å². The van der Waals surface area contributed by atoms with Crippen LogP contribution in [0.15, 0.2) is 18.2 Å². The Bertz CT molecular complexity index is 378. The largest absolute Gasteiger partial charge is 0.490 e. The molecule has 0 radical (unpaired) electrons. The third-order valence-corrected chi connectivity index (χ3v) is 3.28. The molecule has 1 fully saturated rings. The molecule has 1 saturated heterocycles. The van der Waals surface area contributed by atoms with Crippen LogP contribution in [0.3, 0.4) is 0 Å². The summed E-state index contributed by atoms with van der Waals surface area (Å²) in [6, 6.07) is 6.32. The first-order valence-corrected chi connectivity index (χ1v) is 5.99. The third kappa shape index (κ3) is 2.92. The van der Waals surface area contributed by atoms with Gasteiger partial charge in [0.15, 0.2) is 0 Å². The number of ether oxygens (including phenoxy) is 2. The fraction of sp³-hybridized carbons (Fsp3) is 0.538. The maximum Gasteiger partial charge on any atom is 0.120 e. The van der Waals surface area contributed by atoms with Gasteiger partial charge in [0, 0.05) is 0 Å². The lowest BCUT2D eigenvalue weighted by Crippen LogP contribution is -2.34. The molecule has 1 N–H and O–H groups in total. The minimum atomic E-state index is 0. The van der Waals surface area contributed by atoms with Gasteiger partial charge < -0.3 is 14.8 Å². The summed E-state index contributed by atoms with van der Waals surface area (Å²) in [6.07, 6.45) is 2.59. The highest BCUT2D eigenvalue weighted by atomic mass is 35.5. The van der Waals surface area contributed by atoms with Gasteiger partial charge in [-0.2, -0.15) is 0 Å². The molecule has 3 rings (SSSR count). The van der Waals surface area contributed by atoms with Crippen molar-refractivity contribution in [2.45, 2.75) is 32.2 Å². The lowest BCUT2D eigenvalue weighted by atomic mass is 10.1. The van der Waals surface area contributed by atoms with Crippen molar-refractivity contribution in [2.75, 3.05) is 13.1 Å². The Kier molecular flexibility index (Phi) is 4.26. The van der Waals surface area contributed by atoms with E-state index in [1.807, 2.05) is 0 Å². The monoisotopic (exact) mass is 255 g/mol. The van der Waals surface area contributed by atoms with Crippen LogP contribution >= 0.6 is 12.4 Å². The summed E-state index contributed by atoms with van der Waals surface area (Å²) in [5, 5.41) is 3.34. The average Bonchev–Trinajstić information content (AvgIpc) is 2.77. The molecular weight excluding hydrogens is 238 g/mol. The molecule has 1 aromatic carbocycles. The van der Waals surface area contributed by atoms with E-state index >= 15 is 0 Å². The van der Waals surface area contributed by atoms with Crippen molar-refractivity contribution in [1.29, 1.82) is 0 Å². The first kappa shape index (κ1) is 12.7. The predicted octanol–water partition coefficient (Wildman–Crippen LogP) is 2.27. The molecule has 0 atom stereocenters. The highest BCUT2D eigenvalue weighted by Crippen LogP contribution is 2.25. The Morgan fingerprint density at radius 3 is 2.71 bits per heavy atom. The van der Waals surface area contributed by atoms with Gasteiger partial charge in [-0.1, -0.05) is 6.07 Å². The summed E-state index contributed by atoms with van der Waals surface area (Å²) >= 11 is 0. The third-order valence-electron chi connectivity index (χ3n) is 3.28. The Labute approximate surface area is 108 Å². The predicted molar refractivity (Wildman–Crippen MR) is 68.7 cm³/mol. The first-order chi connectivity index (χ1) is 7.92. The fourth-order valence-electron chi connectivity index (χ4n) is 2.33. The molecule has 0 aliphatic carbocycles. The molecule has 2 heterocycles. The van der Waals surface area contributed by atoms with E-state index in [1.54, 1.807) is 0 Å². The van der Waals surface area contributed by atoms with Crippen molar-refractivity contribution in [3.63, 3.8) is 0 Å². The van der Waals surface area contributed by atoms with Crippen LogP contribution in [0.2, 0.25) is 0 Å². The summed E-state index contributed by atoms with van der Waals surface area (Å²) in [7, 11) is 0. The standard InChI is InChI=1S/C13H17NO2.ClH/c1-2-13(7-11-9-15-8-10(1)11)16-12-3-5-14-6-4-12;/h1-2,7,12,14H,3-6,8-9H2;1H. The van der Waals surface area contributed by atoms with Crippen LogP contribution in [0, 0.1) is 0 Å². The van der Waals surface area contributed by atoms with Crippen LogP contribution < -0.4 is 10.1 Å². The number of hydrogen-bond acceptors (Lipinski definition) is 3. The Balaban J connectivity index is 0.00000108. The highest BCUT2D eigenvalue weighted by Gasteiger charge is 2.16. The molecule has 3 nitrogen and oxygen atoms in total. The molecule has 0 spiro atoms. The smallest absolute Gasteiger partial charge is 0.120 e. The summed E-state index contributed by atoms with van der Waals surface area (Å²) < 4.78 is 11.4. The molecule has 0 amide bonds. The van der Waals surface area contributed by atoms with Gasteiger partial charge in [-0.05, 0) is 49.2 Å². The minimum Gasteiger partial charge on any atom is -0.490 e. The number of benzene rings is 1. The van der Waals surface area contributed by atoms with Crippen LogP contribution in [0.1, 0.15) is 24.0 Å². The molecule has 1 aromatic rings. The fourth-order valence-corrected chi connectivity index (χ4v) is 2.33. The zero-order valence-corrected chi connectivity index (χ0v) is 10.6. The zero-order valence-electron chi connectivity index (χ0n) is 9.78. The summed E-state index contributed by atoms with van der Waals surface area (Å²) in [5.41, 5.74) is 2.59. The molecular formula is C13H18ClNO2. The van der Waals surface area contributed by atoms with Gasteiger partial charge in [0.05, 0.1) is 13.2 Å². The van der Waals surface area contributed by atoms with Crippen LogP contribution in [0.4, 0.5) is 0 Å². The molecule has 2 aliphatic rings. The van der Waals surface area contributed by atoms with E-state index in [1.165, 1.54) is 11.1 Å². The summed E-state index contributed by atoms with van der Waals surface area (Å²) in [6.45, 7) is 3.62. The van der Waals surface area contributed by atoms with Crippen molar-refractivity contribution in [1.82, 2.24) is 5.32 Å². The van der Waals surface area contributed by atoms with E-state index in [9.17, 15) is 0 Å². The SMILES string of the molecule is Cl.c1cc2c(cc1OC1CCNCC1)COC2. The Hall–Kier alpha value is -0.770. The minimum absolute atomic E-state index is 0. The number of fused-ring (bicyclic) bond motifs is 1. The van der Waals surface area contributed by atoms with Crippen molar-refractivity contribution in [3.8, 4) is 5.75 Å². The Morgan fingerprint density at radius 2 is 1.88 bits per heavy atom. The maximum absolute atomic E-state index is 5.98. The van der Waals surface area contributed by atoms with Crippen molar-refractivity contribution >= 4 is 12.4 Å². The molecule has 2 aliphatic heterocycles. The highest BCUT2D eigenvalue weighted by molar-refractivity contribution is 5.85. The quantitative estimate of drug-likeness (QED) is 0.880. The summed E-state index contributed by atoms with van der Waals surface area (Å²) in [4.78, 5) is 0.